The Balaban J connectivity index is 4.27. The average Bonchev–Trinajstić information content (AvgIpc) is 2.82. The molecule has 0 aliphatic carbocycles. The summed E-state index contributed by atoms with van der Waals surface area (Å²) in [6, 6.07) is 0. The molecule has 0 aliphatic rings. The zero-order chi connectivity index (χ0) is 25.3. The van der Waals surface area contributed by atoms with Crippen molar-refractivity contribution in [1.29, 1.82) is 0 Å². The summed E-state index contributed by atoms with van der Waals surface area (Å²) in [5, 5.41) is 13.5. The number of amides is 1. The Morgan fingerprint density at radius 3 is 2.09 bits per heavy atom. The molecule has 0 radical (unpaired) electrons. The third kappa shape index (κ3) is 21.2. The maximum atomic E-state index is 12.3. The van der Waals surface area contributed by atoms with Gasteiger partial charge in [0.05, 0.1) is 6.10 Å². The fourth-order valence-electron chi connectivity index (χ4n) is 3.95. The first-order chi connectivity index (χ1) is 16.5. The molecule has 0 fully saturated rings. The Hall–Kier alpha value is -1.38. The van der Waals surface area contributed by atoms with Crippen LogP contribution in [0, 0.1) is 0 Å². The van der Waals surface area contributed by atoms with Gasteiger partial charge >= 0.3 is 12.1 Å². The SMILES string of the molecule is CCCCCCCCC(O)C(CCCCCCCC(=O)ONC)OC(=O)NCCCCCCN. The molecule has 2 atom stereocenters. The van der Waals surface area contributed by atoms with Gasteiger partial charge in [-0.05, 0) is 45.1 Å². The van der Waals surface area contributed by atoms with Crippen molar-refractivity contribution >= 4 is 12.1 Å². The quantitative estimate of drug-likeness (QED) is 0.110. The van der Waals surface area contributed by atoms with E-state index in [0.29, 0.717) is 32.4 Å². The van der Waals surface area contributed by atoms with E-state index in [1.54, 1.807) is 7.05 Å². The molecule has 0 aromatic carbocycles. The highest BCUT2D eigenvalue weighted by Gasteiger charge is 2.22. The molecule has 8 heteroatoms. The van der Waals surface area contributed by atoms with Gasteiger partial charge < -0.3 is 25.7 Å². The molecule has 34 heavy (non-hydrogen) atoms. The Labute approximate surface area is 208 Å². The van der Waals surface area contributed by atoms with Gasteiger partial charge in [0.2, 0.25) is 0 Å². The van der Waals surface area contributed by atoms with E-state index in [1.165, 1.54) is 25.7 Å². The minimum absolute atomic E-state index is 0.237. The maximum Gasteiger partial charge on any atom is 0.407 e. The zero-order valence-electron chi connectivity index (χ0n) is 22.0. The molecule has 0 bridgehead atoms. The zero-order valence-corrected chi connectivity index (χ0v) is 22.0. The fourth-order valence-corrected chi connectivity index (χ4v) is 3.95. The summed E-state index contributed by atoms with van der Waals surface area (Å²) >= 11 is 0. The Bertz CT molecular complexity index is 479. The van der Waals surface area contributed by atoms with Crippen molar-refractivity contribution in [3.8, 4) is 0 Å². The molecule has 5 N–H and O–H groups in total. The van der Waals surface area contributed by atoms with Crippen molar-refractivity contribution in [2.45, 2.75) is 135 Å². The van der Waals surface area contributed by atoms with Gasteiger partial charge in [-0.3, -0.25) is 4.79 Å². The summed E-state index contributed by atoms with van der Waals surface area (Å²) in [7, 11) is 1.57. The van der Waals surface area contributed by atoms with E-state index in [9.17, 15) is 14.7 Å². The van der Waals surface area contributed by atoms with Crippen LogP contribution in [-0.4, -0.2) is 49.5 Å². The number of hydrogen-bond donors (Lipinski definition) is 4. The molecule has 0 saturated heterocycles. The second-order valence-electron chi connectivity index (χ2n) is 9.18. The van der Waals surface area contributed by atoms with Gasteiger partial charge in [0.25, 0.3) is 0 Å². The first-order valence-electron chi connectivity index (χ1n) is 13.7. The van der Waals surface area contributed by atoms with Crippen molar-refractivity contribution in [2.75, 3.05) is 20.1 Å². The normalized spacial score (nSPS) is 12.8. The number of hydrogen-bond acceptors (Lipinski definition) is 7. The van der Waals surface area contributed by atoms with Crippen LogP contribution in [0.4, 0.5) is 4.79 Å². The molecule has 0 aromatic rings. The highest BCUT2D eigenvalue weighted by atomic mass is 16.7. The molecule has 0 aliphatic heterocycles. The number of aliphatic hydroxyl groups excluding tert-OH is 1. The van der Waals surface area contributed by atoms with Crippen LogP contribution in [-0.2, 0) is 14.4 Å². The number of carbonyl (C=O) groups is 2. The third-order valence-electron chi connectivity index (χ3n) is 6.03. The van der Waals surface area contributed by atoms with Gasteiger partial charge in [-0.1, -0.05) is 77.6 Å². The van der Waals surface area contributed by atoms with E-state index in [4.69, 9.17) is 15.3 Å². The van der Waals surface area contributed by atoms with Crippen LogP contribution in [0.15, 0.2) is 0 Å². The van der Waals surface area contributed by atoms with Crippen LogP contribution in [0.3, 0.4) is 0 Å². The van der Waals surface area contributed by atoms with Crippen molar-refractivity contribution in [3.63, 3.8) is 0 Å². The molecule has 202 valence electrons. The summed E-state index contributed by atoms with van der Waals surface area (Å²) in [6.45, 7) is 3.49. The summed E-state index contributed by atoms with van der Waals surface area (Å²) < 4.78 is 5.63. The number of alkyl carbamates (subject to hydrolysis) is 1. The van der Waals surface area contributed by atoms with Crippen molar-refractivity contribution in [3.05, 3.63) is 0 Å². The van der Waals surface area contributed by atoms with Crippen LogP contribution in [0.25, 0.3) is 0 Å². The number of aliphatic hydroxyl groups is 1. The standard InChI is InChI=1S/C26H53N3O5/c1-3-4-5-6-8-13-18-23(30)24(33-26(32)29-22-17-12-11-16-21-27)19-14-9-7-10-15-20-25(31)34-28-2/h23-24,28,30H,3-22,27H2,1-2H3,(H,29,32). The lowest BCUT2D eigenvalue weighted by Crippen LogP contribution is -2.36. The Kier molecular flexibility index (Phi) is 23.7. The number of nitrogens with one attached hydrogen (secondary N) is 2. The minimum Gasteiger partial charge on any atom is -0.443 e. The molecule has 2 unspecified atom stereocenters. The van der Waals surface area contributed by atoms with E-state index in [0.717, 1.165) is 70.6 Å². The number of rotatable bonds is 24. The first kappa shape index (κ1) is 32.6. The highest BCUT2D eigenvalue weighted by molar-refractivity contribution is 5.68. The van der Waals surface area contributed by atoms with E-state index in [-0.39, 0.29) is 5.97 Å². The summed E-state index contributed by atoms with van der Waals surface area (Å²) in [5.41, 5.74) is 7.90. The molecule has 1 amide bonds. The molecule has 8 nitrogen and oxygen atoms in total. The van der Waals surface area contributed by atoms with Crippen molar-refractivity contribution in [1.82, 2.24) is 10.8 Å². The Morgan fingerprint density at radius 2 is 1.41 bits per heavy atom. The first-order valence-corrected chi connectivity index (χ1v) is 13.7. The molecular weight excluding hydrogens is 434 g/mol. The summed E-state index contributed by atoms with van der Waals surface area (Å²) in [6.07, 6.45) is 15.8. The summed E-state index contributed by atoms with van der Waals surface area (Å²) in [4.78, 5) is 28.3. The smallest absolute Gasteiger partial charge is 0.407 e. The summed E-state index contributed by atoms with van der Waals surface area (Å²) in [5.74, 6) is -0.237. The largest absolute Gasteiger partial charge is 0.443 e. The maximum absolute atomic E-state index is 12.3. The van der Waals surface area contributed by atoms with Crippen LogP contribution in [0.5, 0.6) is 0 Å². The Morgan fingerprint density at radius 1 is 0.824 bits per heavy atom. The van der Waals surface area contributed by atoms with Crippen molar-refractivity contribution in [2.24, 2.45) is 5.73 Å². The topological polar surface area (TPSA) is 123 Å². The highest BCUT2D eigenvalue weighted by Crippen LogP contribution is 2.18. The van der Waals surface area contributed by atoms with Gasteiger partial charge in [0.1, 0.15) is 6.10 Å². The number of nitrogens with two attached hydrogens (primary N) is 1. The predicted octanol–water partition coefficient (Wildman–Crippen LogP) is 5.12. The molecule has 0 rings (SSSR count). The molecule has 0 heterocycles. The lowest BCUT2D eigenvalue weighted by molar-refractivity contribution is -0.150. The van der Waals surface area contributed by atoms with Crippen LogP contribution in [0.2, 0.25) is 0 Å². The van der Waals surface area contributed by atoms with E-state index < -0.39 is 18.3 Å². The lowest BCUT2D eigenvalue weighted by atomic mass is 9.99. The van der Waals surface area contributed by atoms with E-state index in [1.807, 2.05) is 0 Å². The average molecular weight is 488 g/mol. The second-order valence-corrected chi connectivity index (χ2v) is 9.18. The van der Waals surface area contributed by atoms with Gasteiger partial charge in [0, 0.05) is 20.0 Å². The number of ether oxygens (including phenoxy) is 1. The molecular formula is C26H53N3O5. The predicted molar refractivity (Wildman–Crippen MR) is 137 cm³/mol. The minimum atomic E-state index is -0.627. The van der Waals surface area contributed by atoms with E-state index in [2.05, 4.69) is 17.7 Å². The van der Waals surface area contributed by atoms with Gasteiger partial charge in [0.15, 0.2) is 0 Å². The number of carbonyl (C=O) groups excluding carboxylic acids is 2. The fraction of sp³-hybridized carbons (Fsp3) is 0.923. The third-order valence-corrected chi connectivity index (χ3v) is 6.03. The molecule has 0 spiro atoms. The van der Waals surface area contributed by atoms with Gasteiger partial charge in [-0.2, -0.15) is 5.48 Å². The van der Waals surface area contributed by atoms with Gasteiger partial charge in [-0.25, -0.2) is 4.79 Å². The molecule has 0 aromatic heterocycles. The number of hydroxylamine groups is 1. The van der Waals surface area contributed by atoms with Crippen LogP contribution in [0.1, 0.15) is 122 Å². The second kappa shape index (κ2) is 24.7. The van der Waals surface area contributed by atoms with E-state index >= 15 is 0 Å². The van der Waals surface area contributed by atoms with Crippen LogP contribution < -0.4 is 16.5 Å². The monoisotopic (exact) mass is 487 g/mol. The molecule has 0 saturated carbocycles. The van der Waals surface area contributed by atoms with Crippen molar-refractivity contribution < 1.29 is 24.3 Å². The number of unbranched alkanes of at least 4 members (excludes halogenated alkanes) is 12. The van der Waals surface area contributed by atoms with Gasteiger partial charge in [-0.15, -0.1) is 0 Å². The van der Waals surface area contributed by atoms with Crippen LogP contribution >= 0.6 is 0 Å². The lowest BCUT2D eigenvalue weighted by Gasteiger charge is -2.23.